The average Bonchev–Trinajstić information content (AvgIpc) is 3.14. The monoisotopic (exact) mass is 374 g/mol. The Kier molecular flexibility index (Phi) is 4.48. The van der Waals surface area contributed by atoms with E-state index in [1.54, 1.807) is 13.0 Å². The van der Waals surface area contributed by atoms with Gasteiger partial charge in [-0.3, -0.25) is 9.59 Å². The molecule has 0 aromatic heterocycles. The number of benzene rings is 1. The van der Waals surface area contributed by atoms with Gasteiger partial charge in [-0.05, 0) is 42.9 Å². The molecule has 0 amide bonds. The van der Waals surface area contributed by atoms with Gasteiger partial charge in [0.1, 0.15) is 11.5 Å². The van der Waals surface area contributed by atoms with Crippen LogP contribution in [0.3, 0.4) is 0 Å². The number of carboxylic acid groups (broad SMARTS) is 1. The lowest BCUT2D eigenvalue weighted by Crippen LogP contribution is -2.33. The molecule has 0 bridgehead atoms. The molecule has 4 atom stereocenters. The zero-order valence-corrected chi connectivity index (χ0v) is 13.9. The van der Waals surface area contributed by atoms with E-state index in [0.29, 0.717) is 18.4 Å². The maximum Gasteiger partial charge on any atom is 0.461 e. The number of halogens is 4. The highest BCUT2D eigenvalue weighted by atomic mass is 19.3. The quantitative estimate of drug-likeness (QED) is 0.738. The van der Waals surface area contributed by atoms with Crippen molar-refractivity contribution in [3.8, 4) is 5.75 Å². The van der Waals surface area contributed by atoms with E-state index in [9.17, 15) is 32.3 Å². The molecule has 2 aliphatic carbocycles. The standard InChI is InChI=1S/C18H18F4O4/c1-2-17-12(13(17)15(24)25)8-10(14(17)23)6-9-4-3-5-11(7-9)26-18(21,22)16(19)20/h3-5,7,10,12-13,16H,2,6,8H2,1H3,(H,24,25). The van der Waals surface area contributed by atoms with Crippen molar-refractivity contribution < 1.29 is 37.0 Å². The number of ketones is 1. The van der Waals surface area contributed by atoms with Crippen molar-refractivity contribution in [3.63, 3.8) is 0 Å². The molecule has 1 N–H and O–H groups in total. The molecule has 0 heterocycles. The highest BCUT2D eigenvalue weighted by Gasteiger charge is 2.75. The van der Waals surface area contributed by atoms with Gasteiger partial charge in [-0.1, -0.05) is 19.1 Å². The summed E-state index contributed by atoms with van der Waals surface area (Å²) in [5.74, 6) is -2.71. The normalized spacial score (nSPS) is 30.4. The summed E-state index contributed by atoms with van der Waals surface area (Å²) in [6, 6.07) is 5.34. The Morgan fingerprint density at radius 3 is 2.65 bits per heavy atom. The second kappa shape index (κ2) is 6.25. The molecule has 2 aliphatic rings. The first-order valence-corrected chi connectivity index (χ1v) is 8.34. The first-order valence-electron chi connectivity index (χ1n) is 8.34. The van der Waals surface area contributed by atoms with E-state index in [4.69, 9.17) is 0 Å². The number of hydrogen-bond donors (Lipinski definition) is 1. The van der Waals surface area contributed by atoms with Gasteiger partial charge >= 0.3 is 18.5 Å². The fourth-order valence-electron chi connectivity index (χ4n) is 4.44. The molecule has 2 saturated carbocycles. The fourth-order valence-corrected chi connectivity index (χ4v) is 4.44. The zero-order chi connectivity index (χ0) is 19.3. The number of fused-ring (bicyclic) bond motifs is 1. The second-order valence-corrected chi connectivity index (χ2v) is 6.93. The summed E-state index contributed by atoms with van der Waals surface area (Å²) in [4.78, 5) is 24.0. The molecule has 1 aromatic carbocycles. The summed E-state index contributed by atoms with van der Waals surface area (Å²) < 4.78 is 54.6. The maximum atomic E-state index is 13.0. The van der Waals surface area contributed by atoms with Gasteiger partial charge in [0, 0.05) is 11.3 Å². The van der Waals surface area contributed by atoms with Crippen molar-refractivity contribution in [1.82, 2.24) is 0 Å². The van der Waals surface area contributed by atoms with Crippen LogP contribution < -0.4 is 4.74 Å². The van der Waals surface area contributed by atoms with Gasteiger partial charge in [-0.25, -0.2) is 0 Å². The molecule has 0 radical (unpaired) electrons. The van der Waals surface area contributed by atoms with E-state index in [0.717, 1.165) is 6.07 Å². The first-order chi connectivity index (χ1) is 12.1. The van der Waals surface area contributed by atoms with Crippen molar-refractivity contribution in [1.29, 1.82) is 0 Å². The fraction of sp³-hybridized carbons (Fsp3) is 0.556. The molecular formula is C18H18F4O4. The van der Waals surface area contributed by atoms with Crippen LogP contribution in [0.25, 0.3) is 0 Å². The van der Waals surface area contributed by atoms with E-state index in [-0.39, 0.29) is 18.1 Å². The van der Waals surface area contributed by atoms with Gasteiger partial charge in [0.25, 0.3) is 0 Å². The number of carbonyl (C=O) groups is 2. The minimum absolute atomic E-state index is 0.110. The van der Waals surface area contributed by atoms with Crippen LogP contribution in [0.2, 0.25) is 0 Å². The highest BCUT2D eigenvalue weighted by molar-refractivity contribution is 5.99. The van der Waals surface area contributed by atoms with Crippen molar-refractivity contribution in [2.45, 2.75) is 38.7 Å². The van der Waals surface area contributed by atoms with Crippen molar-refractivity contribution in [3.05, 3.63) is 29.8 Å². The molecule has 3 rings (SSSR count). The predicted molar refractivity (Wildman–Crippen MR) is 82.2 cm³/mol. The molecule has 26 heavy (non-hydrogen) atoms. The van der Waals surface area contributed by atoms with Crippen LogP contribution in [0, 0.1) is 23.2 Å². The van der Waals surface area contributed by atoms with Crippen molar-refractivity contribution in [2.75, 3.05) is 0 Å². The third-order valence-corrected chi connectivity index (χ3v) is 5.62. The number of carbonyl (C=O) groups excluding carboxylic acids is 1. The van der Waals surface area contributed by atoms with Crippen LogP contribution in [0.4, 0.5) is 17.6 Å². The largest absolute Gasteiger partial charge is 0.481 e. The zero-order valence-electron chi connectivity index (χ0n) is 13.9. The maximum absolute atomic E-state index is 13.0. The molecule has 4 nitrogen and oxygen atoms in total. The number of alkyl halides is 4. The van der Waals surface area contributed by atoms with Crippen molar-refractivity contribution >= 4 is 11.8 Å². The molecule has 1 aromatic rings. The van der Waals surface area contributed by atoms with Gasteiger partial charge in [-0.2, -0.15) is 17.6 Å². The average molecular weight is 374 g/mol. The Labute approximate surface area is 147 Å². The Morgan fingerprint density at radius 2 is 2.12 bits per heavy atom. The van der Waals surface area contributed by atoms with Crippen LogP contribution in [-0.2, 0) is 16.0 Å². The lowest BCUT2D eigenvalue weighted by molar-refractivity contribution is -0.253. The number of carboxylic acids is 1. The topological polar surface area (TPSA) is 63.6 Å². The summed E-state index contributed by atoms with van der Waals surface area (Å²) >= 11 is 0. The van der Waals surface area contributed by atoms with Gasteiger partial charge < -0.3 is 9.84 Å². The number of rotatable bonds is 7. The number of hydrogen-bond acceptors (Lipinski definition) is 3. The van der Waals surface area contributed by atoms with E-state index in [2.05, 4.69) is 4.74 Å². The molecule has 4 unspecified atom stereocenters. The lowest BCUT2D eigenvalue weighted by Gasteiger charge is -2.19. The van der Waals surface area contributed by atoms with Crippen LogP contribution in [0.15, 0.2) is 24.3 Å². The number of Topliss-reactive ketones (excluding diaryl/α,β-unsaturated/α-hetero) is 1. The van der Waals surface area contributed by atoms with Crippen molar-refractivity contribution in [2.24, 2.45) is 23.2 Å². The smallest absolute Gasteiger partial charge is 0.461 e. The SMILES string of the molecule is CCC12C(=O)C(Cc3cccc(OC(F)(F)C(F)F)c3)CC1C2C(=O)O. The van der Waals surface area contributed by atoms with E-state index in [1.165, 1.54) is 12.1 Å². The summed E-state index contributed by atoms with van der Waals surface area (Å²) in [6.45, 7) is 1.79. The lowest BCUT2D eigenvalue weighted by atomic mass is 9.86. The van der Waals surface area contributed by atoms with E-state index < -0.39 is 41.5 Å². The predicted octanol–water partition coefficient (Wildman–Crippen LogP) is 3.78. The summed E-state index contributed by atoms with van der Waals surface area (Å²) in [7, 11) is 0. The summed E-state index contributed by atoms with van der Waals surface area (Å²) in [6.07, 6.45) is -7.42. The number of aliphatic carboxylic acids is 1. The van der Waals surface area contributed by atoms with E-state index >= 15 is 0 Å². The Morgan fingerprint density at radius 1 is 1.42 bits per heavy atom. The van der Waals surface area contributed by atoms with Crippen LogP contribution in [0.5, 0.6) is 5.75 Å². The molecule has 0 aliphatic heterocycles. The molecule has 142 valence electrons. The highest BCUT2D eigenvalue weighted by Crippen LogP contribution is 2.69. The van der Waals surface area contributed by atoms with Gasteiger partial charge in [-0.15, -0.1) is 0 Å². The molecule has 2 fully saturated rings. The third kappa shape index (κ3) is 2.85. The summed E-state index contributed by atoms with van der Waals surface area (Å²) in [5.41, 5.74) is -0.307. The van der Waals surface area contributed by atoms with Gasteiger partial charge in [0.15, 0.2) is 0 Å². The van der Waals surface area contributed by atoms with Crippen LogP contribution >= 0.6 is 0 Å². The van der Waals surface area contributed by atoms with E-state index in [1.807, 2.05) is 0 Å². The Bertz CT molecular complexity index is 736. The molecule has 0 saturated heterocycles. The molecular weight excluding hydrogens is 356 g/mol. The van der Waals surface area contributed by atoms with Gasteiger partial charge in [0.2, 0.25) is 0 Å². The minimum Gasteiger partial charge on any atom is -0.481 e. The molecule has 8 heteroatoms. The van der Waals surface area contributed by atoms with Gasteiger partial charge in [0.05, 0.1) is 5.92 Å². The van der Waals surface area contributed by atoms with Crippen LogP contribution in [-0.4, -0.2) is 29.4 Å². The first kappa shape index (κ1) is 18.7. The molecule has 0 spiro atoms. The van der Waals surface area contributed by atoms with Crippen LogP contribution in [0.1, 0.15) is 25.3 Å². The summed E-state index contributed by atoms with van der Waals surface area (Å²) in [5, 5.41) is 9.24. The second-order valence-electron chi connectivity index (χ2n) is 6.93. The minimum atomic E-state index is -4.59. The Hall–Kier alpha value is -2.12. The number of ether oxygens (including phenoxy) is 1. The third-order valence-electron chi connectivity index (χ3n) is 5.62. The Balaban J connectivity index is 1.71.